The van der Waals surface area contributed by atoms with Crippen molar-refractivity contribution < 1.29 is 40.7 Å². The number of sulfonamides is 1. The highest BCUT2D eigenvalue weighted by Crippen LogP contribution is 2.31. The third-order valence-corrected chi connectivity index (χ3v) is 9.33. The molecular weight excluding hydrogens is 633 g/mol. The molecule has 1 heterocycles. The van der Waals surface area contributed by atoms with E-state index in [0.717, 1.165) is 17.8 Å². The molecule has 0 bridgehead atoms. The van der Waals surface area contributed by atoms with Crippen molar-refractivity contribution in [2.24, 2.45) is 11.8 Å². The molecule has 2 aromatic rings. The summed E-state index contributed by atoms with van der Waals surface area (Å²) in [5, 5.41) is 4.26. The topological polar surface area (TPSA) is 135 Å². The predicted octanol–water partition coefficient (Wildman–Crippen LogP) is 5.00. The summed E-state index contributed by atoms with van der Waals surface area (Å²) in [6.45, 7) is 10.1. The van der Waals surface area contributed by atoms with Crippen LogP contribution >= 0.6 is 11.3 Å². The lowest BCUT2D eigenvalue weighted by Crippen LogP contribution is -2.47. The Morgan fingerprint density at radius 3 is 2.36 bits per heavy atom. The van der Waals surface area contributed by atoms with Crippen molar-refractivity contribution in [1.29, 1.82) is 0 Å². The predicted molar refractivity (Wildman–Crippen MR) is 166 cm³/mol. The van der Waals surface area contributed by atoms with Crippen LogP contribution in [-0.2, 0) is 30.8 Å². The average molecular weight is 675 g/mol. The number of carbonyl (C=O) groups excluding carboxylic acids is 3. The molecule has 2 N–H and O–H groups in total. The molecule has 10 nitrogen and oxygen atoms in total. The highest BCUT2D eigenvalue weighted by atomic mass is 32.2. The zero-order valence-corrected chi connectivity index (χ0v) is 27.6. The Morgan fingerprint density at radius 1 is 1.18 bits per heavy atom. The molecule has 1 aromatic carbocycles. The van der Waals surface area contributed by atoms with Crippen molar-refractivity contribution in [3.63, 3.8) is 0 Å². The maximum absolute atomic E-state index is 13.2. The largest absolute Gasteiger partial charge is 0.511 e. The van der Waals surface area contributed by atoms with Gasteiger partial charge in [0.05, 0.1) is 0 Å². The van der Waals surface area contributed by atoms with Crippen molar-refractivity contribution in [1.82, 2.24) is 19.9 Å². The number of ether oxygens (including phenoxy) is 1. The van der Waals surface area contributed by atoms with E-state index < -0.39 is 46.1 Å². The fourth-order valence-electron chi connectivity index (χ4n) is 4.61. The summed E-state index contributed by atoms with van der Waals surface area (Å²) < 4.78 is 69.1. The van der Waals surface area contributed by atoms with Crippen molar-refractivity contribution in [3.8, 4) is 0 Å². The first kappa shape index (κ1) is 37.9. The molecule has 15 heteroatoms. The number of allylic oxidation sites excluding steroid dienone is 1. The van der Waals surface area contributed by atoms with Gasteiger partial charge in [-0.05, 0) is 30.2 Å². The zero-order chi connectivity index (χ0) is 33.9. The Labute approximate surface area is 266 Å². The van der Waals surface area contributed by atoms with E-state index in [2.05, 4.69) is 16.9 Å². The molecule has 0 aliphatic carbocycles. The highest BCUT2D eigenvalue weighted by molar-refractivity contribution is 7.90. The summed E-state index contributed by atoms with van der Waals surface area (Å²) in [7, 11) is -3.95. The number of nitrogens with one attached hydrogen (secondary N) is 2. The van der Waals surface area contributed by atoms with Gasteiger partial charge in [-0.25, -0.2) is 18.1 Å². The van der Waals surface area contributed by atoms with Gasteiger partial charge in [0.15, 0.2) is 6.10 Å². The van der Waals surface area contributed by atoms with Gasteiger partial charge >= 0.3 is 21.5 Å². The molecule has 45 heavy (non-hydrogen) atoms. The number of amides is 2. The van der Waals surface area contributed by atoms with Crippen molar-refractivity contribution in [2.45, 2.75) is 77.1 Å². The van der Waals surface area contributed by atoms with E-state index in [9.17, 15) is 36.0 Å². The Morgan fingerprint density at radius 2 is 1.82 bits per heavy atom. The van der Waals surface area contributed by atoms with Crippen LogP contribution in [0.5, 0.6) is 0 Å². The van der Waals surface area contributed by atoms with Crippen LogP contribution in [0.3, 0.4) is 0 Å². The van der Waals surface area contributed by atoms with Crippen molar-refractivity contribution >= 4 is 39.1 Å². The van der Waals surface area contributed by atoms with E-state index in [1.54, 1.807) is 48.4 Å². The lowest BCUT2D eigenvalue weighted by molar-refractivity contribution is -0.148. The minimum atomic E-state index is -5.64. The number of thiazole rings is 1. The van der Waals surface area contributed by atoms with Gasteiger partial charge < -0.3 is 15.0 Å². The molecule has 2 amide bonds. The van der Waals surface area contributed by atoms with Crippen molar-refractivity contribution in [2.75, 3.05) is 13.6 Å². The number of alkyl halides is 3. The number of halogens is 3. The minimum Gasteiger partial charge on any atom is -0.455 e. The average Bonchev–Trinajstić information content (AvgIpc) is 3.46. The van der Waals surface area contributed by atoms with E-state index in [1.807, 2.05) is 20.8 Å². The second-order valence-electron chi connectivity index (χ2n) is 11.0. The van der Waals surface area contributed by atoms with Gasteiger partial charge in [0, 0.05) is 50.8 Å². The molecule has 1 aromatic heterocycles. The number of nitrogens with zero attached hydrogens (tertiary/aromatic N) is 2. The molecule has 0 spiro atoms. The van der Waals surface area contributed by atoms with Crippen LogP contribution in [0, 0.1) is 11.8 Å². The second-order valence-corrected chi connectivity index (χ2v) is 13.6. The summed E-state index contributed by atoms with van der Waals surface area (Å²) in [4.78, 5) is 44.3. The fourth-order valence-corrected chi connectivity index (χ4v) is 6.03. The second kappa shape index (κ2) is 16.9. The first-order valence-electron chi connectivity index (χ1n) is 14.4. The Hall–Kier alpha value is -3.30. The first-order valence-corrected chi connectivity index (χ1v) is 16.8. The van der Waals surface area contributed by atoms with E-state index in [0.29, 0.717) is 5.56 Å². The standard InChI is InChI=1S/C30H41F3N4O6S2/c1-7-21(8-2)15-27(39)37(6)25(19(3)4)16-26(43-20(5)38)29-36-24(18-44-29)28(40)35-23(14-22-12-10-9-11-13-22)17-34-45(41,42)30(31,32)33/h7,9-13,18-19,21,23,25-26,34H,1,8,14-17H2,2-6H3,(H,35,40)/t21-,23-,25+,26?/m0/s1. The molecule has 0 aliphatic rings. The van der Waals surface area contributed by atoms with E-state index in [-0.39, 0.29) is 53.7 Å². The summed E-state index contributed by atoms with van der Waals surface area (Å²) in [6, 6.07) is 7.12. The summed E-state index contributed by atoms with van der Waals surface area (Å²) in [6.07, 6.45) is 2.13. The monoisotopic (exact) mass is 674 g/mol. The molecular formula is C30H41F3N4O6S2. The summed E-state index contributed by atoms with van der Waals surface area (Å²) >= 11 is 1.05. The van der Waals surface area contributed by atoms with Crippen LogP contribution in [0.1, 0.15) is 74.1 Å². The SMILES string of the molecule is C=C[C@@H](CC)CC(=O)N(C)[C@H](CC(OC(C)=O)c1nc(C(=O)N[C@H](CNS(=O)(=O)C(F)(F)F)Cc2ccccc2)cs1)C(C)C. The smallest absolute Gasteiger partial charge is 0.455 e. The van der Waals surface area contributed by atoms with Crippen LogP contribution < -0.4 is 10.0 Å². The Kier molecular flexibility index (Phi) is 14.2. The number of rotatable bonds is 17. The van der Waals surface area contributed by atoms with Gasteiger partial charge in [-0.2, -0.15) is 13.2 Å². The number of aromatic nitrogens is 1. The fraction of sp³-hybridized carbons (Fsp3) is 0.533. The van der Waals surface area contributed by atoms with Crippen LogP contribution in [0.4, 0.5) is 13.2 Å². The third kappa shape index (κ3) is 11.5. The lowest BCUT2D eigenvalue weighted by atomic mass is 9.95. The van der Waals surface area contributed by atoms with Gasteiger partial charge in [-0.15, -0.1) is 17.9 Å². The minimum absolute atomic E-state index is 0.0200. The molecule has 2 rings (SSSR count). The van der Waals surface area contributed by atoms with Gasteiger partial charge in [-0.1, -0.05) is 57.2 Å². The Balaban J connectivity index is 2.28. The molecule has 0 radical (unpaired) electrons. The zero-order valence-electron chi connectivity index (χ0n) is 26.0. The van der Waals surface area contributed by atoms with Gasteiger partial charge in [0.25, 0.3) is 5.91 Å². The number of hydrogen-bond acceptors (Lipinski definition) is 8. The van der Waals surface area contributed by atoms with Crippen LogP contribution in [-0.4, -0.2) is 67.3 Å². The highest BCUT2D eigenvalue weighted by Gasteiger charge is 2.45. The van der Waals surface area contributed by atoms with Crippen LogP contribution in [0.2, 0.25) is 0 Å². The van der Waals surface area contributed by atoms with E-state index in [4.69, 9.17) is 4.74 Å². The number of esters is 1. The van der Waals surface area contributed by atoms with E-state index in [1.165, 1.54) is 17.0 Å². The molecule has 0 saturated heterocycles. The molecule has 4 atom stereocenters. The normalized spacial score (nSPS) is 14.7. The molecule has 0 aliphatic heterocycles. The summed E-state index contributed by atoms with van der Waals surface area (Å²) in [5.74, 6) is -1.44. The molecule has 250 valence electrons. The number of carbonyl (C=O) groups is 3. The quantitative estimate of drug-likeness (QED) is 0.178. The maximum Gasteiger partial charge on any atom is 0.511 e. The Bertz CT molecular complexity index is 1400. The number of hydrogen-bond donors (Lipinski definition) is 2. The van der Waals surface area contributed by atoms with E-state index >= 15 is 0 Å². The van der Waals surface area contributed by atoms with Crippen molar-refractivity contribution in [3.05, 3.63) is 64.6 Å². The number of benzene rings is 1. The molecule has 1 unspecified atom stereocenters. The first-order chi connectivity index (χ1) is 21.0. The maximum atomic E-state index is 13.2. The lowest BCUT2D eigenvalue weighted by Gasteiger charge is -2.34. The van der Waals surface area contributed by atoms with Crippen LogP contribution in [0.25, 0.3) is 0 Å². The van der Waals surface area contributed by atoms with Gasteiger partial charge in [0.2, 0.25) is 5.91 Å². The third-order valence-electron chi connectivity index (χ3n) is 7.23. The molecule has 0 fully saturated rings. The van der Waals surface area contributed by atoms with Gasteiger partial charge in [-0.3, -0.25) is 14.4 Å². The van der Waals surface area contributed by atoms with Crippen LogP contribution in [0.15, 0.2) is 48.4 Å². The molecule has 0 saturated carbocycles. The summed E-state index contributed by atoms with van der Waals surface area (Å²) in [5.41, 5.74) is -4.95. The van der Waals surface area contributed by atoms with Gasteiger partial charge in [0.1, 0.15) is 10.7 Å².